The van der Waals surface area contributed by atoms with Gasteiger partial charge in [0.1, 0.15) is 11.3 Å². The second-order valence-corrected chi connectivity index (χ2v) is 7.63. The Labute approximate surface area is 181 Å². The van der Waals surface area contributed by atoms with Crippen LogP contribution in [-0.4, -0.2) is 38.0 Å². The largest absolute Gasteiger partial charge is 0.497 e. The number of ether oxygens (including phenoxy) is 1. The van der Waals surface area contributed by atoms with Crippen molar-refractivity contribution >= 4 is 35.3 Å². The van der Waals surface area contributed by atoms with Crippen LogP contribution in [0, 0.1) is 0 Å². The zero-order valence-electron chi connectivity index (χ0n) is 17.7. The lowest BCUT2D eigenvalue weighted by Gasteiger charge is -2.26. The molecule has 160 valence electrons. The fourth-order valence-electron chi connectivity index (χ4n) is 3.95. The first kappa shape index (κ1) is 20.7. The fraction of sp³-hybridized carbons (Fsp3) is 0.292. The maximum absolute atomic E-state index is 13.0. The van der Waals surface area contributed by atoms with E-state index < -0.39 is 17.8 Å². The molecule has 0 atom stereocenters. The summed E-state index contributed by atoms with van der Waals surface area (Å²) in [6.45, 7) is 4.19. The lowest BCUT2D eigenvalue weighted by Crippen LogP contribution is -2.54. The van der Waals surface area contributed by atoms with Crippen LogP contribution < -0.4 is 19.9 Å². The van der Waals surface area contributed by atoms with E-state index in [-0.39, 0.29) is 5.57 Å². The van der Waals surface area contributed by atoms with Crippen LogP contribution in [0.5, 0.6) is 5.75 Å². The van der Waals surface area contributed by atoms with E-state index in [1.54, 1.807) is 30.3 Å². The zero-order valence-corrected chi connectivity index (χ0v) is 17.7. The van der Waals surface area contributed by atoms with Crippen molar-refractivity contribution in [1.82, 2.24) is 5.32 Å². The van der Waals surface area contributed by atoms with Crippen LogP contribution >= 0.6 is 0 Å². The number of carbonyl (C=O) groups excluding carboxylic acids is 3. The highest BCUT2D eigenvalue weighted by atomic mass is 16.5. The third-order valence-electron chi connectivity index (χ3n) is 5.62. The normalized spacial score (nSPS) is 17.2. The summed E-state index contributed by atoms with van der Waals surface area (Å²) in [4.78, 5) is 41.2. The van der Waals surface area contributed by atoms with Crippen molar-refractivity contribution in [3.8, 4) is 5.75 Å². The number of rotatable bonds is 6. The fourth-order valence-corrected chi connectivity index (χ4v) is 3.95. The molecule has 2 aromatic rings. The molecule has 2 aromatic carbocycles. The van der Waals surface area contributed by atoms with Crippen molar-refractivity contribution in [3.05, 3.63) is 59.2 Å². The number of hydrogen-bond acceptors (Lipinski definition) is 5. The second-order valence-electron chi connectivity index (χ2n) is 7.63. The second kappa shape index (κ2) is 8.63. The summed E-state index contributed by atoms with van der Waals surface area (Å²) in [5, 5.41) is 2.26. The SMILES string of the molecule is CCCCN1CCc2cc(/C=C3\C(=O)NC(=O)N(c4ccc(OC)cc4)C3=O)ccc21. The van der Waals surface area contributed by atoms with Crippen molar-refractivity contribution < 1.29 is 19.1 Å². The van der Waals surface area contributed by atoms with Gasteiger partial charge >= 0.3 is 6.03 Å². The average Bonchev–Trinajstić information content (AvgIpc) is 3.17. The van der Waals surface area contributed by atoms with Gasteiger partial charge in [0.15, 0.2) is 0 Å². The molecule has 1 saturated heterocycles. The molecule has 0 bridgehead atoms. The Morgan fingerprint density at radius 3 is 2.58 bits per heavy atom. The van der Waals surface area contributed by atoms with E-state index >= 15 is 0 Å². The Morgan fingerprint density at radius 1 is 1.10 bits per heavy atom. The van der Waals surface area contributed by atoms with Crippen LogP contribution in [0.1, 0.15) is 30.9 Å². The molecule has 1 N–H and O–H groups in total. The summed E-state index contributed by atoms with van der Waals surface area (Å²) in [5.74, 6) is -0.736. The highest BCUT2D eigenvalue weighted by molar-refractivity contribution is 6.39. The van der Waals surface area contributed by atoms with Gasteiger partial charge in [-0.2, -0.15) is 0 Å². The van der Waals surface area contributed by atoms with Gasteiger partial charge in [-0.1, -0.05) is 19.4 Å². The Hall–Kier alpha value is -3.61. The minimum atomic E-state index is -0.766. The van der Waals surface area contributed by atoms with Crippen LogP contribution in [0.4, 0.5) is 16.2 Å². The van der Waals surface area contributed by atoms with E-state index in [1.807, 2.05) is 18.2 Å². The van der Waals surface area contributed by atoms with Gasteiger partial charge in [-0.25, -0.2) is 9.69 Å². The average molecular weight is 419 g/mol. The molecule has 7 nitrogen and oxygen atoms in total. The third kappa shape index (κ3) is 4.03. The van der Waals surface area contributed by atoms with Gasteiger partial charge in [0.25, 0.3) is 11.8 Å². The molecule has 2 aliphatic heterocycles. The molecule has 1 fully saturated rings. The number of nitrogens with one attached hydrogen (secondary N) is 1. The van der Waals surface area contributed by atoms with Crippen molar-refractivity contribution in [1.29, 1.82) is 0 Å². The van der Waals surface area contributed by atoms with Crippen molar-refractivity contribution in [2.24, 2.45) is 0 Å². The maximum Gasteiger partial charge on any atom is 0.335 e. The number of fused-ring (bicyclic) bond motifs is 1. The zero-order chi connectivity index (χ0) is 22.0. The summed E-state index contributed by atoms with van der Waals surface area (Å²) in [7, 11) is 1.53. The molecule has 0 aromatic heterocycles. The van der Waals surface area contributed by atoms with E-state index in [0.717, 1.165) is 42.8 Å². The van der Waals surface area contributed by atoms with Crippen LogP contribution in [0.15, 0.2) is 48.0 Å². The van der Waals surface area contributed by atoms with Gasteiger partial charge in [0.05, 0.1) is 12.8 Å². The number of nitrogens with zero attached hydrogens (tertiary/aromatic N) is 2. The van der Waals surface area contributed by atoms with Crippen molar-refractivity contribution in [2.75, 3.05) is 30.0 Å². The molecule has 0 saturated carbocycles. The molecule has 0 radical (unpaired) electrons. The third-order valence-corrected chi connectivity index (χ3v) is 5.62. The maximum atomic E-state index is 13.0. The van der Waals surface area contributed by atoms with E-state index in [1.165, 1.54) is 18.4 Å². The smallest absolute Gasteiger partial charge is 0.335 e. The number of unbranched alkanes of at least 4 members (excludes halogenated alkanes) is 1. The van der Waals surface area contributed by atoms with Crippen molar-refractivity contribution in [2.45, 2.75) is 26.2 Å². The number of carbonyl (C=O) groups is 3. The summed E-state index contributed by atoms with van der Waals surface area (Å²) < 4.78 is 5.12. The lowest BCUT2D eigenvalue weighted by atomic mass is 10.0. The molecule has 7 heteroatoms. The van der Waals surface area contributed by atoms with Crippen LogP contribution in [0.25, 0.3) is 6.08 Å². The summed E-state index contributed by atoms with van der Waals surface area (Å²) >= 11 is 0. The predicted molar refractivity (Wildman–Crippen MR) is 119 cm³/mol. The molecule has 4 amide bonds. The predicted octanol–water partition coefficient (Wildman–Crippen LogP) is 3.52. The highest BCUT2D eigenvalue weighted by Gasteiger charge is 2.36. The Morgan fingerprint density at radius 2 is 1.87 bits per heavy atom. The Kier molecular flexibility index (Phi) is 5.75. The number of barbiturate groups is 1. The molecule has 4 rings (SSSR count). The minimum absolute atomic E-state index is 0.0730. The number of amides is 4. The molecule has 0 aliphatic carbocycles. The number of anilines is 2. The van der Waals surface area contributed by atoms with Gasteiger partial charge in [0.2, 0.25) is 0 Å². The molecular formula is C24H25N3O4. The van der Waals surface area contributed by atoms with Crippen LogP contribution in [0.2, 0.25) is 0 Å². The van der Waals surface area contributed by atoms with E-state index in [9.17, 15) is 14.4 Å². The minimum Gasteiger partial charge on any atom is -0.497 e. The lowest BCUT2D eigenvalue weighted by molar-refractivity contribution is -0.122. The molecule has 0 spiro atoms. The Bertz CT molecular complexity index is 1060. The molecule has 0 unspecified atom stereocenters. The van der Waals surface area contributed by atoms with Gasteiger partial charge in [-0.05, 0) is 66.4 Å². The molecular weight excluding hydrogens is 394 g/mol. The van der Waals surface area contributed by atoms with E-state index in [4.69, 9.17) is 4.74 Å². The number of urea groups is 1. The number of imide groups is 2. The van der Waals surface area contributed by atoms with E-state index in [0.29, 0.717) is 11.4 Å². The van der Waals surface area contributed by atoms with Crippen molar-refractivity contribution in [3.63, 3.8) is 0 Å². The first-order valence-corrected chi connectivity index (χ1v) is 10.4. The number of methoxy groups -OCH3 is 1. The monoisotopic (exact) mass is 419 g/mol. The first-order valence-electron chi connectivity index (χ1n) is 10.4. The van der Waals surface area contributed by atoms with Gasteiger partial charge in [-0.15, -0.1) is 0 Å². The van der Waals surface area contributed by atoms with Crippen LogP contribution in [-0.2, 0) is 16.0 Å². The van der Waals surface area contributed by atoms with Gasteiger partial charge < -0.3 is 9.64 Å². The quantitative estimate of drug-likeness (QED) is 0.573. The summed E-state index contributed by atoms with van der Waals surface area (Å²) in [5.41, 5.74) is 3.47. The molecule has 31 heavy (non-hydrogen) atoms. The standard InChI is InChI=1S/C24H25N3O4/c1-3-4-12-26-13-11-17-14-16(5-10-21(17)26)15-20-22(28)25-24(30)27(23(20)29)18-6-8-19(31-2)9-7-18/h5-10,14-15H,3-4,11-13H2,1-2H3,(H,25,28,30)/b20-15+. The summed E-state index contributed by atoms with van der Waals surface area (Å²) in [6.07, 6.45) is 4.79. The Balaban J connectivity index is 1.61. The highest BCUT2D eigenvalue weighted by Crippen LogP contribution is 2.30. The topological polar surface area (TPSA) is 79.0 Å². The summed E-state index contributed by atoms with van der Waals surface area (Å²) in [6, 6.07) is 11.7. The van der Waals surface area contributed by atoms with Gasteiger partial charge in [0, 0.05) is 18.8 Å². The number of hydrogen-bond donors (Lipinski definition) is 1. The number of benzene rings is 2. The van der Waals surface area contributed by atoms with Crippen LogP contribution in [0.3, 0.4) is 0 Å². The molecule has 2 heterocycles. The van der Waals surface area contributed by atoms with Gasteiger partial charge in [-0.3, -0.25) is 14.9 Å². The molecule has 2 aliphatic rings. The van der Waals surface area contributed by atoms with E-state index in [2.05, 4.69) is 17.1 Å². The first-order chi connectivity index (χ1) is 15.0.